The Hall–Kier alpha value is -4.27. The van der Waals surface area contributed by atoms with E-state index in [1.807, 2.05) is 65.3 Å². The fraction of sp³-hybridized carbons (Fsp3) is 0.712. The molecule has 18 nitrogen and oxygen atoms in total. The molecule has 1 aromatic rings. The van der Waals surface area contributed by atoms with Gasteiger partial charge in [-0.3, -0.25) is 4.79 Å². The first kappa shape index (κ1) is 132. The molecule has 438 valence electrons. The maximum absolute atomic E-state index is 10.7. The van der Waals surface area contributed by atoms with Gasteiger partial charge >= 0.3 is 0 Å². The molecule has 1 aliphatic heterocycles. The predicted octanol–water partition coefficient (Wildman–Crippen LogP) is 10.2. The number of likely N-dealkylation sites (tertiary alicyclic amines) is 1. The fourth-order valence-electron chi connectivity index (χ4n) is 2.67. The second-order valence-corrected chi connectivity index (χ2v) is 14.2. The van der Waals surface area contributed by atoms with Crippen LogP contribution in [0.1, 0.15) is 176 Å². The van der Waals surface area contributed by atoms with Gasteiger partial charge in [0.2, 0.25) is 5.91 Å². The van der Waals surface area contributed by atoms with E-state index < -0.39 is 0 Å². The molecule has 18 heteroatoms. The van der Waals surface area contributed by atoms with Gasteiger partial charge in [-0.2, -0.15) is 0 Å². The van der Waals surface area contributed by atoms with Gasteiger partial charge in [0, 0.05) is 27.5 Å². The lowest BCUT2D eigenvalue weighted by Crippen LogP contribution is -2.33. The molecule has 0 bridgehead atoms. The summed E-state index contributed by atoms with van der Waals surface area (Å²) >= 11 is 0. The van der Waals surface area contributed by atoms with E-state index in [0.29, 0.717) is 5.41 Å². The summed E-state index contributed by atoms with van der Waals surface area (Å²) in [4.78, 5) is 76.6. The van der Waals surface area contributed by atoms with Gasteiger partial charge in [0.15, 0.2) is 0 Å². The Kier molecular flexibility index (Phi) is 330. The summed E-state index contributed by atoms with van der Waals surface area (Å²) in [5, 5.41) is 8.06. The molecule has 0 atom stereocenters. The lowest BCUT2D eigenvalue weighted by Gasteiger charge is -2.24. The molecule has 1 heterocycles. The van der Waals surface area contributed by atoms with E-state index in [1.165, 1.54) is 85.1 Å². The summed E-state index contributed by atoms with van der Waals surface area (Å²) in [5.74, 6) is 2.88. The largest absolute Gasteiger partial charge is 0.394 e. The summed E-state index contributed by atoms with van der Waals surface area (Å²) in [6, 6.07) is 10.5. The van der Waals surface area contributed by atoms with Crippen molar-refractivity contribution >= 4 is 60.2 Å². The number of piperidine rings is 1. The van der Waals surface area contributed by atoms with Crippen LogP contribution in [0.25, 0.3) is 0 Å². The summed E-state index contributed by atoms with van der Waals surface area (Å²) in [7, 11) is 6.00. The van der Waals surface area contributed by atoms with Gasteiger partial charge in [0.05, 0.1) is 0 Å². The second-order valence-electron chi connectivity index (χ2n) is 14.2. The number of aliphatic hydroxyl groups excluding tert-OH is 1. The Morgan fingerprint density at radius 2 is 0.729 bits per heavy atom. The summed E-state index contributed by atoms with van der Waals surface area (Å²) in [5.41, 5.74) is 20.0. The molecule has 18 N–H and O–H groups in total. The maximum Gasteiger partial charge on any atom is 0.219 e. The lowest BCUT2D eigenvalue weighted by molar-refractivity contribution is -0.129. The predicted molar refractivity (Wildman–Crippen MR) is 314 cm³/mol. The van der Waals surface area contributed by atoms with Crippen molar-refractivity contribution in [1.29, 1.82) is 0 Å². The summed E-state index contributed by atoms with van der Waals surface area (Å²) < 4.78 is 0. The van der Waals surface area contributed by atoms with Crippen molar-refractivity contribution in [1.82, 2.24) is 23.4 Å². The van der Waals surface area contributed by atoms with Crippen molar-refractivity contribution in [2.24, 2.45) is 46.1 Å². The molecule has 1 fully saturated rings. The van der Waals surface area contributed by atoms with Gasteiger partial charge in [-0.05, 0) is 103 Å². The van der Waals surface area contributed by atoms with E-state index in [2.05, 4.69) is 144 Å². The normalized spacial score (nSPS) is 8.17. The first-order valence-electron chi connectivity index (χ1n) is 22.4. The SMILES string of the molecule is C=O.C=O.C=O.C=O.C=O.C=O.C=O.C=O.CC(=O)N1CCCCC1.CC(C)O.CCC(C)C.CCC(C)C.CCC(C)C.CCCC(C)(C)C.CCc1ccccc1.CN.CN.CN.CN.N.N.N.[HH]. The van der Waals surface area contributed by atoms with Crippen molar-refractivity contribution < 1.29 is 49.7 Å². The highest BCUT2D eigenvalue weighted by Crippen LogP contribution is 2.19. The van der Waals surface area contributed by atoms with E-state index in [4.69, 9.17) is 43.5 Å². The monoisotopic (exact) mass is 1030 g/mol. The Bertz CT molecular complexity index is 760. The average Bonchev–Trinajstić information content (AvgIpc) is 3.39. The average molecular weight is 1030 g/mol. The number of benzene rings is 1. The summed E-state index contributed by atoms with van der Waals surface area (Å²) in [6.45, 7) is 54.2. The number of aryl methyl sites for hydroxylation is 1. The lowest BCUT2D eigenvalue weighted by atomic mass is 9.91. The van der Waals surface area contributed by atoms with Gasteiger partial charge in [-0.1, -0.05) is 153 Å². The van der Waals surface area contributed by atoms with Gasteiger partial charge in [-0.15, -0.1) is 0 Å². The number of hydrogen-bond acceptors (Lipinski definition) is 17. The number of carbonyl (C=O) groups excluding carboxylic acids is 9. The van der Waals surface area contributed by atoms with Gasteiger partial charge < -0.3 is 89.7 Å². The van der Waals surface area contributed by atoms with Crippen molar-refractivity contribution in [3.05, 3.63) is 35.9 Å². The third-order valence-corrected chi connectivity index (χ3v) is 6.50. The minimum atomic E-state index is -0.167. The molecule has 1 amide bonds. The third kappa shape index (κ3) is 326. The number of aliphatic hydroxyl groups is 1. The quantitative estimate of drug-likeness (QED) is 0.136. The molecule has 0 radical (unpaired) electrons. The van der Waals surface area contributed by atoms with Gasteiger partial charge in [0.1, 0.15) is 54.3 Å². The number of hydrogen-bond donors (Lipinski definition) is 8. The van der Waals surface area contributed by atoms with Gasteiger partial charge in [-0.25, -0.2) is 0 Å². The number of nitrogens with zero attached hydrogens (tertiary/aromatic N) is 1. The van der Waals surface area contributed by atoms with Crippen LogP contribution >= 0.6 is 0 Å². The molecule has 1 aliphatic rings. The van der Waals surface area contributed by atoms with Crippen LogP contribution < -0.4 is 41.4 Å². The maximum atomic E-state index is 10.7. The molecule has 1 saturated heterocycles. The smallest absolute Gasteiger partial charge is 0.219 e. The zero-order valence-corrected chi connectivity index (χ0v) is 50.1. The zero-order valence-electron chi connectivity index (χ0n) is 50.1. The molecule has 0 aromatic heterocycles. The van der Waals surface area contributed by atoms with Crippen LogP contribution in [0, 0.1) is 23.2 Å². The van der Waals surface area contributed by atoms with Crippen LogP contribution in [0.2, 0.25) is 0 Å². The van der Waals surface area contributed by atoms with Crippen LogP contribution in [0.4, 0.5) is 0 Å². The Labute approximate surface area is 437 Å². The minimum Gasteiger partial charge on any atom is -0.394 e. The second kappa shape index (κ2) is 175. The van der Waals surface area contributed by atoms with Crippen molar-refractivity contribution in [3.8, 4) is 0 Å². The van der Waals surface area contributed by atoms with Crippen LogP contribution in [0.3, 0.4) is 0 Å². The number of rotatable bonds is 5. The van der Waals surface area contributed by atoms with E-state index in [0.717, 1.165) is 37.3 Å². The highest BCUT2D eigenvalue weighted by molar-refractivity contribution is 5.73. The molecule has 0 unspecified atom stereocenters. The number of carbonyl (C=O) groups is 9. The molecular weight excluding hydrogens is 897 g/mol. The van der Waals surface area contributed by atoms with Crippen molar-refractivity contribution in [3.63, 3.8) is 0 Å². The highest BCUT2D eigenvalue weighted by Gasteiger charge is 2.11. The Balaban J connectivity index is -0.0000000202. The number of nitrogens with two attached hydrogens (primary N) is 4. The molecular formula is C52H130N8O10. The van der Waals surface area contributed by atoms with Crippen LogP contribution in [-0.4, -0.2) is 118 Å². The fourth-order valence-corrected chi connectivity index (χ4v) is 2.67. The van der Waals surface area contributed by atoms with E-state index in [1.54, 1.807) is 20.8 Å². The van der Waals surface area contributed by atoms with Crippen LogP contribution in [0.5, 0.6) is 0 Å². The molecule has 0 spiro atoms. The molecule has 0 aliphatic carbocycles. The van der Waals surface area contributed by atoms with Crippen LogP contribution in [0.15, 0.2) is 30.3 Å². The highest BCUT2D eigenvalue weighted by atomic mass is 16.3. The third-order valence-electron chi connectivity index (χ3n) is 6.50. The Morgan fingerprint density at radius 1 is 0.529 bits per heavy atom. The van der Waals surface area contributed by atoms with E-state index >= 15 is 0 Å². The standard InChI is InChI=1S/C8H10.C7H13NO.C7H16.3C5H12.C3H8O.4CH5N.8CH2O.3H3N.H2/c1-2-8-6-4-3-5-7-8;1-7(9)8-5-3-2-4-6-8;1-5-6-7(2,3)4;3*1-4-5(2)3;1-3(2)4;12*1-2;;;;/h3-7H,2H2,1H3;2-6H2,1H3;5-6H2,1-4H3;3*5H,4H2,1-3H3;3-4H,1-2H3;4*2H2,1H3;8*1H2;3*1H3;1H. The van der Waals surface area contributed by atoms with E-state index in [9.17, 15) is 4.79 Å². The number of amides is 1. The topological polar surface area (TPSA) is 386 Å². The van der Waals surface area contributed by atoms with Crippen molar-refractivity contribution in [2.75, 3.05) is 41.3 Å². The van der Waals surface area contributed by atoms with Crippen LogP contribution in [-0.2, 0) is 49.6 Å². The van der Waals surface area contributed by atoms with Crippen molar-refractivity contribution in [2.45, 2.75) is 182 Å². The Morgan fingerprint density at radius 3 is 0.814 bits per heavy atom. The molecule has 70 heavy (non-hydrogen) atoms. The minimum absolute atomic E-state index is 0. The van der Waals surface area contributed by atoms with E-state index in [-0.39, 0.29) is 31.9 Å². The molecule has 1 aromatic carbocycles. The molecule has 2 rings (SSSR count). The van der Waals surface area contributed by atoms with Gasteiger partial charge in [0.25, 0.3) is 0 Å². The molecule has 0 saturated carbocycles. The summed E-state index contributed by atoms with van der Waals surface area (Å²) in [6.07, 6.45) is 11.2. The first-order chi connectivity index (χ1) is 31.8. The first-order valence-corrected chi connectivity index (χ1v) is 22.4. The zero-order chi connectivity index (χ0) is 58.9.